The number of aryl methyl sites for hydroxylation is 2. The molecule has 0 radical (unpaired) electrons. The lowest BCUT2D eigenvalue weighted by molar-refractivity contribution is -0.131. The van der Waals surface area contributed by atoms with Gasteiger partial charge in [0, 0.05) is 29.1 Å². The zero-order valence-electron chi connectivity index (χ0n) is 13.9. The molecule has 0 aromatic heterocycles. The van der Waals surface area contributed by atoms with Crippen molar-refractivity contribution in [3.63, 3.8) is 0 Å². The summed E-state index contributed by atoms with van der Waals surface area (Å²) in [6.07, 6.45) is 1.65. The Labute approximate surface area is 145 Å². The number of carboxylic acid groups (broad SMARTS) is 1. The van der Waals surface area contributed by atoms with Gasteiger partial charge in [-0.2, -0.15) is 0 Å². The van der Waals surface area contributed by atoms with Crippen molar-refractivity contribution in [1.29, 1.82) is 0 Å². The monoisotopic (exact) mass is 338 g/mol. The van der Waals surface area contributed by atoms with E-state index in [1.807, 2.05) is 32.0 Å². The summed E-state index contributed by atoms with van der Waals surface area (Å²) >= 11 is 0. The molecule has 2 amide bonds. The third kappa shape index (κ3) is 5.31. The molecule has 128 valence electrons. The van der Waals surface area contributed by atoms with Gasteiger partial charge in [-0.05, 0) is 55.3 Å². The number of carbonyl (C=O) groups is 3. The Morgan fingerprint density at radius 2 is 1.60 bits per heavy atom. The molecule has 6 nitrogen and oxygen atoms in total. The van der Waals surface area contributed by atoms with Crippen molar-refractivity contribution in [2.75, 3.05) is 10.6 Å². The van der Waals surface area contributed by atoms with Crippen molar-refractivity contribution in [3.05, 3.63) is 71.3 Å². The summed E-state index contributed by atoms with van der Waals surface area (Å²) in [4.78, 5) is 34.3. The molecule has 0 aliphatic heterocycles. The van der Waals surface area contributed by atoms with Crippen LogP contribution in [-0.2, 0) is 9.59 Å². The Morgan fingerprint density at radius 3 is 2.28 bits per heavy atom. The number of benzene rings is 2. The van der Waals surface area contributed by atoms with Crippen molar-refractivity contribution >= 4 is 29.2 Å². The number of carbonyl (C=O) groups excluding carboxylic acids is 2. The van der Waals surface area contributed by atoms with E-state index in [0.717, 1.165) is 23.3 Å². The number of rotatable bonds is 5. The first-order valence-electron chi connectivity index (χ1n) is 7.56. The maximum Gasteiger partial charge on any atom is 0.328 e. The van der Waals surface area contributed by atoms with E-state index in [1.165, 1.54) is 6.07 Å². The molecular weight excluding hydrogens is 320 g/mol. The van der Waals surface area contributed by atoms with E-state index in [-0.39, 0.29) is 5.91 Å². The normalized spacial score (nSPS) is 10.5. The van der Waals surface area contributed by atoms with Crippen molar-refractivity contribution in [3.8, 4) is 0 Å². The van der Waals surface area contributed by atoms with E-state index in [0.29, 0.717) is 16.9 Å². The van der Waals surface area contributed by atoms with E-state index in [1.54, 1.807) is 18.2 Å². The van der Waals surface area contributed by atoms with E-state index in [4.69, 9.17) is 5.11 Å². The summed E-state index contributed by atoms with van der Waals surface area (Å²) in [5, 5.41) is 13.8. The van der Waals surface area contributed by atoms with Crippen molar-refractivity contribution in [1.82, 2.24) is 0 Å². The van der Waals surface area contributed by atoms with Crippen molar-refractivity contribution < 1.29 is 19.5 Å². The molecular formula is C19H18N2O4. The number of nitrogens with one attached hydrogen (secondary N) is 2. The largest absolute Gasteiger partial charge is 0.478 e. The zero-order chi connectivity index (χ0) is 18.4. The third-order valence-corrected chi connectivity index (χ3v) is 3.53. The Morgan fingerprint density at radius 1 is 0.880 bits per heavy atom. The topological polar surface area (TPSA) is 95.5 Å². The smallest absolute Gasteiger partial charge is 0.328 e. The molecule has 0 spiro atoms. The predicted molar refractivity (Wildman–Crippen MR) is 95.7 cm³/mol. The van der Waals surface area contributed by atoms with Gasteiger partial charge in [0.1, 0.15) is 0 Å². The van der Waals surface area contributed by atoms with Gasteiger partial charge in [-0.25, -0.2) is 4.79 Å². The van der Waals surface area contributed by atoms with Crippen LogP contribution >= 0.6 is 0 Å². The van der Waals surface area contributed by atoms with Crippen LogP contribution < -0.4 is 10.6 Å². The van der Waals surface area contributed by atoms with Crippen LogP contribution in [0, 0.1) is 13.8 Å². The Bertz CT molecular complexity index is 856. The number of hydrogen-bond donors (Lipinski definition) is 3. The van der Waals surface area contributed by atoms with E-state index in [2.05, 4.69) is 10.6 Å². The fraction of sp³-hybridized carbons (Fsp3) is 0.105. The maximum atomic E-state index is 12.3. The number of amides is 2. The lowest BCUT2D eigenvalue weighted by Crippen LogP contribution is -2.13. The number of carboxylic acids is 1. The molecule has 2 aromatic rings. The fourth-order valence-electron chi connectivity index (χ4n) is 2.09. The summed E-state index contributed by atoms with van der Waals surface area (Å²) in [7, 11) is 0. The minimum absolute atomic E-state index is 0.305. The van der Waals surface area contributed by atoms with Gasteiger partial charge >= 0.3 is 5.97 Å². The van der Waals surface area contributed by atoms with Gasteiger partial charge in [-0.3, -0.25) is 9.59 Å². The molecule has 0 aliphatic rings. The van der Waals surface area contributed by atoms with Crippen LogP contribution in [0.3, 0.4) is 0 Å². The first kappa shape index (κ1) is 17.9. The first-order valence-corrected chi connectivity index (χ1v) is 7.56. The highest BCUT2D eigenvalue weighted by atomic mass is 16.4. The molecule has 0 saturated carbocycles. The SMILES string of the molecule is Cc1ccc(NC(=O)c2cccc(NC(=O)C=CC(=O)O)c2)cc1C. The molecule has 0 unspecified atom stereocenters. The fourth-order valence-corrected chi connectivity index (χ4v) is 2.09. The average Bonchev–Trinajstić information content (AvgIpc) is 2.56. The first-order chi connectivity index (χ1) is 11.8. The van der Waals surface area contributed by atoms with Crippen molar-refractivity contribution in [2.45, 2.75) is 13.8 Å². The molecule has 2 aromatic carbocycles. The van der Waals surface area contributed by atoms with Gasteiger partial charge in [-0.15, -0.1) is 0 Å². The average molecular weight is 338 g/mol. The molecule has 25 heavy (non-hydrogen) atoms. The van der Waals surface area contributed by atoms with Gasteiger partial charge in [0.25, 0.3) is 5.91 Å². The van der Waals surface area contributed by atoms with Crippen LogP contribution in [0.1, 0.15) is 21.5 Å². The molecule has 0 bridgehead atoms. The summed E-state index contributed by atoms with van der Waals surface area (Å²) in [6.45, 7) is 3.96. The summed E-state index contributed by atoms with van der Waals surface area (Å²) in [5.74, 6) is -2.11. The van der Waals surface area contributed by atoms with Crippen LogP contribution in [0.5, 0.6) is 0 Å². The molecule has 6 heteroatoms. The van der Waals surface area contributed by atoms with Crippen LogP contribution in [0.15, 0.2) is 54.6 Å². The summed E-state index contributed by atoms with van der Waals surface area (Å²) in [6, 6.07) is 12.0. The van der Waals surface area contributed by atoms with E-state index in [9.17, 15) is 14.4 Å². The van der Waals surface area contributed by atoms with Gasteiger partial charge in [0.2, 0.25) is 5.91 Å². The Hall–Kier alpha value is -3.41. The number of hydrogen-bond acceptors (Lipinski definition) is 3. The lowest BCUT2D eigenvalue weighted by Gasteiger charge is -2.09. The molecule has 0 saturated heterocycles. The van der Waals surface area contributed by atoms with Gasteiger partial charge in [-0.1, -0.05) is 12.1 Å². The highest BCUT2D eigenvalue weighted by Gasteiger charge is 2.08. The van der Waals surface area contributed by atoms with Crippen LogP contribution in [0.2, 0.25) is 0 Å². The predicted octanol–water partition coefficient (Wildman–Crippen LogP) is 3.14. The lowest BCUT2D eigenvalue weighted by atomic mass is 10.1. The highest BCUT2D eigenvalue weighted by Crippen LogP contribution is 2.17. The van der Waals surface area contributed by atoms with E-state index >= 15 is 0 Å². The molecule has 0 heterocycles. The minimum atomic E-state index is -1.21. The van der Waals surface area contributed by atoms with Crippen LogP contribution in [-0.4, -0.2) is 22.9 Å². The molecule has 0 aliphatic carbocycles. The molecule has 0 fully saturated rings. The second-order valence-corrected chi connectivity index (χ2v) is 5.49. The van der Waals surface area contributed by atoms with Gasteiger partial charge in [0.05, 0.1) is 0 Å². The zero-order valence-corrected chi connectivity index (χ0v) is 13.9. The quantitative estimate of drug-likeness (QED) is 0.730. The van der Waals surface area contributed by atoms with Gasteiger partial charge in [0.15, 0.2) is 0 Å². The second kappa shape index (κ2) is 7.92. The Balaban J connectivity index is 2.09. The van der Waals surface area contributed by atoms with Gasteiger partial charge < -0.3 is 15.7 Å². The molecule has 0 atom stereocenters. The standard InChI is InChI=1S/C19H18N2O4/c1-12-6-7-16(10-13(12)2)21-19(25)14-4-3-5-15(11-14)20-17(22)8-9-18(23)24/h3-11H,1-2H3,(H,20,22)(H,21,25)(H,23,24). The maximum absolute atomic E-state index is 12.3. The number of aliphatic carboxylic acids is 1. The van der Waals surface area contributed by atoms with Crippen LogP contribution in [0.25, 0.3) is 0 Å². The second-order valence-electron chi connectivity index (χ2n) is 5.49. The molecule has 2 rings (SSSR count). The number of anilines is 2. The Kier molecular flexibility index (Phi) is 5.68. The van der Waals surface area contributed by atoms with E-state index < -0.39 is 11.9 Å². The van der Waals surface area contributed by atoms with Crippen molar-refractivity contribution in [2.24, 2.45) is 0 Å². The molecule has 3 N–H and O–H groups in total. The highest BCUT2D eigenvalue weighted by molar-refractivity contribution is 6.06. The minimum Gasteiger partial charge on any atom is -0.478 e. The van der Waals surface area contributed by atoms with Crippen LogP contribution in [0.4, 0.5) is 11.4 Å². The summed E-state index contributed by atoms with van der Waals surface area (Å²) < 4.78 is 0. The summed E-state index contributed by atoms with van der Waals surface area (Å²) in [5.41, 5.74) is 3.67. The third-order valence-electron chi connectivity index (χ3n) is 3.53.